The molecule has 0 aliphatic heterocycles. The van der Waals surface area contributed by atoms with Crippen LogP contribution in [0.4, 0.5) is 5.13 Å². The molecule has 0 bridgehead atoms. The smallest absolute Gasteiger partial charge is 0.246 e. The summed E-state index contributed by atoms with van der Waals surface area (Å²) in [5, 5.41) is 7.78. The number of hydrogen-bond donors (Lipinski definition) is 1. The molecule has 22 heavy (non-hydrogen) atoms. The summed E-state index contributed by atoms with van der Waals surface area (Å²) in [5.74, 6) is 1.79. The zero-order valence-corrected chi connectivity index (χ0v) is 12.7. The van der Waals surface area contributed by atoms with Crippen LogP contribution in [0.25, 0.3) is 11.4 Å². The fourth-order valence-electron chi connectivity index (χ4n) is 1.72. The van der Waals surface area contributed by atoms with Crippen LogP contribution in [0.1, 0.15) is 11.7 Å². The molecule has 0 radical (unpaired) electrons. The van der Waals surface area contributed by atoms with Gasteiger partial charge in [-0.05, 0) is 12.1 Å². The summed E-state index contributed by atoms with van der Waals surface area (Å²) < 4.78 is 14.4. The van der Waals surface area contributed by atoms with Gasteiger partial charge >= 0.3 is 0 Å². The molecule has 3 aromatic heterocycles. The minimum Gasteiger partial charge on any atom is -0.384 e. The van der Waals surface area contributed by atoms with E-state index in [4.69, 9.17) is 9.26 Å². The van der Waals surface area contributed by atoms with E-state index in [1.165, 1.54) is 11.5 Å². The molecule has 0 atom stereocenters. The Hall–Kier alpha value is -2.39. The van der Waals surface area contributed by atoms with E-state index in [1.807, 2.05) is 12.1 Å². The summed E-state index contributed by atoms with van der Waals surface area (Å²) in [6.45, 7) is 1.01. The highest BCUT2D eigenvalue weighted by Crippen LogP contribution is 2.16. The zero-order chi connectivity index (χ0) is 15.2. The quantitative estimate of drug-likeness (QED) is 0.704. The third kappa shape index (κ3) is 3.62. The van der Waals surface area contributed by atoms with Gasteiger partial charge in [-0.25, -0.2) is 4.98 Å². The van der Waals surface area contributed by atoms with Gasteiger partial charge in [-0.2, -0.15) is 9.36 Å². The summed E-state index contributed by atoms with van der Waals surface area (Å²) in [7, 11) is 1.65. The number of ether oxygens (including phenoxy) is 1. The first-order valence-electron chi connectivity index (χ1n) is 6.63. The van der Waals surface area contributed by atoms with Crippen molar-refractivity contribution in [3.8, 4) is 11.4 Å². The van der Waals surface area contributed by atoms with Gasteiger partial charge in [0.2, 0.25) is 16.8 Å². The third-order valence-electron chi connectivity index (χ3n) is 2.80. The molecule has 1 N–H and O–H groups in total. The van der Waals surface area contributed by atoms with Gasteiger partial charge in [0.15, 0.2) is 0 Å². The maximum absolute atomic E-state index is 5.20. The molecule has 0 saturated heterocycles. The first kappa shape index (κ1) is 14.5. The van der Waals surface area contributed by atoms with Gasteiger partial charge in [0.25, 0.3) is 0 Å². The van der Waals surface area contributed by atoms with E-state index in [0.29, 0.717) is 31.3 Å². The van der Waals surface area contributed by atoms with Crippen LogP contribution >= 0.6 is 11.5 Å². The normalized spacial score (nSPS) is 10.8. The van der Waals surface area contributed by atoms with Gasteiger partial charge in [0, 0.05) is 43.0 Å². The van der Waals surface area contributed by atoms with Crippen molar-refractivity contribution >= 4 is 16.7 Å². The second-order valence-corrected chi connectivity index (χ2v) is 5.11. The number of nitrogens with one attached hydrogen (secondary N) is 1. The van der Waals surface area contributed by atoms with Crippen LogP contribution < -0.4 is 5.32 Å². The van der Waals surface area contributed by atoms with E-state index in [0.717, 1.165) is 16.5 Å². The minimum atomic E-state index is 0.400. The van der Waals surface area contributed by atoms with Crippen LogP contribution in [0, 0.1) is 0 Å². The molecule has 0 unspecified atom stereocenters. The number of aromatic nitrogens is 5. The SMILES string of the molecule is COCCc1nsc(NCc2nc(-c3ccncc3)no2)n1. The molecule has 3 rings (SSSR count). The molecule has 3 heterocycles. The van der Waals surface area contributed by atoms with E-state index in [9.17, 15) is 0 Å². The van der Waals surface area contributed by atoms with E-state index in [1.54, 1.807) is 19.5 Å². The Labute approximate surface area is 130 Å². The van der Waals surface area contributed by atoms with Crippen molar-refractivity contribution in [2.75, 3.05) is 19.0 Å². The van der Waals surface area contributed by atoms with Crippen LogP contribution in [0.5, 0.6) is 0 Å². The van der Waals surface area contributed by atoms with Crippen LogP contribution in [-0.4, -0.2) is 38.2 Å². The molecule has 3 aromatic rings. The third-order valence-corrected chi connectivity index (χ3v) is 3.51. The lowest BCUT2D eigenvalue weighted by Crippen LogP contribution is -2.00. The highest BCUT2D eigenvalue weighted by molar-refractivity contribution is 7.09. The average Bonchev–Trinajstić information content (AvgIpc) is 3.21. The van der Waals surface area contributed by atoms with E-state index < -0.39 is 0 Å². The molecule has 0 amide bonds. The number of nitrogens with zero attached hydrogens (tertiary/aromatic N) is 5. The van der Waals surface area contributed by atoms with Crippen LogP contribution in [0.2, 0.25) is 0 Å². The maximum Gasteiger partial charge on any atom is 0.246 e. The van der Waals surface area contributed by atoms with Crippen molar-refractivity contribution in [2.45, 2.75) is 13.0 Å². The Morgan fingerprint density at radius 3 is 2.95 bits per heavy atom. The molecule has 114 valence electrons. The largest absolute Gasteiger partial charge is 0.384 e. The lowest BCUT2D eigenvalue weighted by molar-refractivity contribution is 0.201. The molecule has 0 fully saturated rings. The fraction of sp³-hybridized carbons (Fsp3) is 0.308. The van der Waals surface area contributed by atoms with Gasteiger partial charge in [-0.3, -0.25) is 4.98 Å². The van der Waals surface area contributed by atoms with Gasteiger partial charge in [-0.1, -0.05) is 5.16 Å². The Balaban J connectivity index is 1.58. The van der Waals surface area contributed by atoms with Gasteiger partial charge in [0.1, 0.15) is 5.82 Å². The van der Waals surface area contributed by atoms with Crippen molar-refractivity contribution in [2.24, 2.45) is 0 Å². The summed E-state index contributed by atoms with van der Waals surface area (Å²) in [6.07, 6.45) is 4.07. The van der Waals surface area contributed by atoms with Crippen LogP contribution in [0.15, 0.2) is 29.0 Å². The lowest BCUT2D eigenvalue weighted by Gasteiger charge is -1.96. The highest BCUT2D eigenvalue weighted by Gasteiger charge is 2.09. The van der Waals surface area contributed by atoms with E-state index in [2.05, 4.69) is 29.8 Å². The standard InChI is InChI=1S/C13H14N6O2S/c1-20-7-4-10-16-13(22-19-10)15-8-11-17-12(18-21-11)9-2-5-14-6-3-9/h2-3,5-6H,4,7-8H2,1H3,(H,15,16,19). The number of pyridine rings is 1. The number of rotatable bonds is 7. The van der Waals surface area contributed by atoms with Gasteiger partial charge in [0.05, 0.1) is 13.2 Å². The molecule has 8 nitrogen and oxygen atoms in total. The second kappa shape index (κ2) is 7.05. The molecule has 9 heteroatoms. The Morgan fingerprint density at radius 1 is 1.27 bits per heavy atom. The average molecular weight is 318 g/mol. The topological polar surface area (TPSA) is 98.8 Å². The van der Waals surface area contributed by atoms with E-state index in [-0.39, 0.29) is 0 Å². The van der Waals surface area contributed by atoms with Crippen molar-refractivity contribution < 1.29 is 9.26 Å². The predicted octanol–water partition coefficient (Wildman–Crippen LogP) is 1.78. The Morgan fingerprint density at radius 2 is 2.14 bits per heavy atom. The molecular formula is C13H14N6O2S. The molecule has 0 spiro atoms. The van der Waals surface area contributed by atoms with Crippen LogP contribution in [-0.2, 0) is 17.7 Å². The Kier molecular flexibility index (Phi) is 4.66. The van der Waals surface area contributed by atoms with Crippen molar-refractivity contribution in [1.29, 1.82) is 0 Å². The number of anilines is 1. The minimum absolute atomic E-state index is 0.400. The van der Waals surface area contributed by atoms with Gasteiger partial charge < -0.3 is 14.6 Å². The van der Waals surface area contributed by atoms with Crippen molar-refractivity contribution in [1.82, 2.24) is 24.5 Å². The van der Waals surface area contributed by atoms with E-state index >= 15 is 0 Å². The highest BCUT2D eigenvalue weighted by atomic mass is 32.1. The molecule has 0 saturated carbocycles. The van der Waals surface area contributed by atoms with Gasteiger partial charge in [-0.15, -0.1) is 0 Å². The number of hydrogen-bond acceptors (Lipinski definition) is 9. The van der Waals surface area contributed by atoms with Crippen molar-refractivity contribution in [3.05, 3.63) is 36.2 Å². The summed E-state index contributed by atoms with van der Waals surface area (Å²) in [5.41, 5.74) is 0.864. The number of methoxy groups -OCH3 is 1. The summed E-state index contributed by atoms with van der Waals surface area (Å²) in [6, 6.07) is 3.66. The summed E-state index contributed by atoms with van der Waals surface area (Å²) in [4.78, 5) is 12.6. The first-order valence-corrected chi connectivity index (χ1v) is 7.41. The molecule has 0 aliphatic rings. The lowest BCUT2D eigenvalue weighted by atomic mass is 10.2. The first-order chi connectivity index (χ1) is 10.8. The fourth-order valence-corrected chi connectivity index (χ4v) is 2.32. The zero-order valence-electron chi connectivity index (χ0n) is 11.9. The Bertz CT molecular complexity index is 714. The van der Waals surface area contributed by atoms with Crippen molar-refractivity contribution in [3.63, 3.8) is 0 Å². The second-order valence-electron chi connectivity index (χ2n) is 4.36. The summed E-state index contributed by atoms with van der Waals surface area (Å²) >= 11 is 1.30. The molecule has 0 aliphatic carbocycles. The maximum atomic E-state index is 5.20. The monoisotopic (exact) mass is 318 g/mol. The predicted molar refractivity (Wildman–Crippen MR) is 80.3 cm³/mol. The molecule has 0 aromatic carbocycles. The molecular weight excluding hydrogens is 304 g/mol. The van der Waals surface area contributed by atoms with Crippen LogP contribution in [0.3, 0.4) is 0 Å².